The fourth-order valence-corrected chi connectivity index (χ4v) is 6.29. The van der Waals surface area contributed by atoms with Crippen LogP contribution in [-0.2, 0) is 4.57 Å². The maximum absolute atomic E-state index is 13.7. The van der Waals surface area contributed by atoms with Crippen molar-refractivity contribution in [2.45, 2.75) is 25.7 Å². The summed E-state index contributed by atoms with van der Waals surface area (Å²) in [4.78, 5) is 0. The van der Waals surface area contributed by atoms with Crippen molar-refractivity contribution >= 4 is 12.7 Å². The van der Waals surface area contributed by atoms with Crippen molar-refractivity contribution in [1.82, 2.24) is 9.34 Å². The normalized spacial score (nSPS) is 22.7. The largest absolute Gasteiger partial charge is 0.284 e. The van der Waals surface area contributed by atoms with E-state index in [4.69, 9.17) is 0 Å². The summed E-state index contributed by atoms with van der Waals surface area (Å²) in [6.07, 6.45) is 4.74. The van der Waals surface area contributed by atoms with E-state index in [9.17, 15) is 4.57 Å². The lowest BCUT2D eigenvalue weighted by molar-refractivity contribution is 0.403. The van der Waals surface area contributed by atoms with Crippen LogP contribution in [0.3, 0.4) is 0 Å². The highest BCUT2D eigenvalue weighted by Crippen LogP contribution is 2.54. The Morgan fingerprint density at radius 2 is 1.22 bits per heavy atom. The van der Waals surface area contributed by atoms with E-state index in [0.717, 1.165) is 31.5 Å². The van der Waals surface area contributed by atoms with Crippen LogP contribution in [0.15, 0.2) is 30.3 Å². The third-order valence-corrected chi connectivity index (χ3v) is 7.33. The van der Waals surface area contributed by atoms with Gasteiger partial charge in [-0.2, -0.15) is 0 Å². The molecule has 0 atom stereocenters. The van der Waals surface area contributed by atoms with Crippen LogP contribution in [-0.4, -0.2) is 35.5 Å². The molecule has 0 amide bonds. The first-order valence-electron chi connectivity index (χ1n) is 6.98. The fraction of sp³-hybridized carbons (Fsp3) is 0.571. The highest BCUT2D eigenvalue weighted by Gasteiger charge is 2.40. The molecule has 1 aromatic rings. The van der Waals surface area contributed by atoms with Crippen molar-refractivity contribution in [2.24, 2.45) is 0 Å². The van der Waals surface area contributed by atoms with Crippen LogP contribution in [0.25, 0.3) is 0 Å². The van der Waals surface area contributed by atoms with Gasteiger partial charge in [-0.15, -0.1) is 0 Å². The molecule has 2 heterocycles. The maximum atomic E-state index is 13.7. The van der Waals surface area contributed by atoms with E-state index in [1.165, 1.54) is 25.7 Å². The van der Waals surface area contributed by atoms with Crippen LogP contribution in [0, 0.1) is 0 Å². The number of hydrogen-bond acceptors (Lipinski definition) is 1. The van der Waals surface area contributed by atoms with Crippen molar-refractivity contribution in [3.05, 3.63) is 30.3 Å². The fourth-order valence-electron chi connectivity index (χ4n) is 3.07. The van der Waals surface area contributed by atoms with Gasteiger partial charge in [0, 0.05) is 31.5 Å². The molecule has 2 aliphatic heterocycles. The zero-order chi connectivity index (χ0) is 12.4. The molecule has 0 saturated carbocycles. The summed E-state index contributed by atoms with van der Waals surface area (Å²) < 4.78 is 18.2. The Hall–Kier alpha value is -0.630. The molecule has 0 spiro atoms. The Morgan fingerprint density at radius 1 is 0.778 bits per heavy atom. The molecule has 0 bridgehead atoms. The van der Waals surface area contributed by atoms with Crippen LogP contribution >= 0.6 is 7.44 Å². The standard InChI is InChI=1S/C14H21N2OP/c17-18(15-10-4-5-11-15,16-12-6-7-13-16)14-8-2-1-3-9-14/h1-3,8-9H,4-7,10-13H2. The lowest BCUT2D eigenvalue weighted by Crippen LogP contribution is -2.34. The van der Waals surface area contributed by atoms with E-state index < -0.39 is 7.44 Å². The van der Waals surface area contributed by atoms with E-state index in [2.05, 4.69) is 9.34 Å². The number of benzene rings is 1. The van der Waals surface area contributed by atoms with Gasteiger partial charge in [0.15, 0.2) is 0 Å². The molecule has 1 aromatic carbocycles. The Labute approximate surface area is 109 Å². The third-order valence-electron chi connectivity index (χ3n) is 4.02. The van der Waals surface area contributed by atoms with Crippen molar-refractivity contribution in [1.29, 1.82) is 0 Å². The van der Waals surface area contributed by atoms with Gasteiger partial charge >= 0.3 is 0 Å². The molecule has 2 fully saturated rings. The summed E-state index contributed by atoms with van der Waals surface area (Å²) in [6.45, 7) is 3.96. The summed E-state index contributed by atoms with van der Waals surface area (Å²) in [5.74, 6) is 0. The molecule has 0 unspecified atom stereocenters. The molecule has 0 radical (unpaired) electrons. The van der Waals surface area contributed by atoms with Gasteiger partial charge in [-0.1, -0.05) is 18.2 Å². The average molecular weight is 264 g/mol. The Morgan fingerprint density at radius 3 is 1.67 bits per heavy atom. The molecule has 2 saturated heterocycles. The molecular formula is C14H21N2OP. The van der Waals surface area contributed by atoms with Crippen molar-refractivity contribution < 1.29 is 4.57 Å². The number of hydrogen-bond donors (Lipinski definition) is 0. The molecule has 4 heteroatoms. The molecule has 3 rings (SSSR count). The van der Waals surface area contributed by atoms with Crippen LogP contribution in [0.1, 0.15) is 25.7 Å². The monoisotopic (exact) mass is 264 g/mol. The highest BCUT2D eigenvalue weighted by molar-refractivity contribution is 7.67. The Bertz CT molecular complexity index is 416. The van der Waals surface area contributed by atoms with Crippen molar-refractivity contribution in [3.8, 4) is 0 Å². The van der Waals surface area contributed by atoms with Gasteiger partial charge in [-0.3, -0.25) is 4.57 Å². The lowest BCUT2D eigenvalue weighted by atomic mass is 10.4. The van der Waals surface area contributed by atoms with E-state index in [1.54, 1.807) is 0 Å². The van der Waals surface area contributed by atoms with Gasteiger partial charge in [0.05, 0.1) is 0 Å². The molecule has 0 aliphatic carbocycles. The van der Waals surface area contributed by atoms with Gasteiger partial charge in [-0.25, -0.2) is 9.34 Å². The van der Waals surface area contributed by atoms with E-state index in [1.807, 2.05) is 30.3 Å². The molecule has 18 heavy (non-hydrogen) atoms. The first-order chi connectivity index (χ1) is 8.82. The topological polar surface area (TPSA) is 23.6 Å². The summed E-state index contributed by atoms with van der Waals surface area (Å²) in [5.41, 5.74) is 0. The quantitative estimate of drug-likeness (QED) is 0.784. The molecule has 98 valence electrons. The van der Waals surface area contributed by atoms with Crippen molar-refractivity contribution in [2.75, 3.05) is 26.2 Å². The molecule has 2 aliphatic rings. The SMILES string of the molecule is O=P(c1ccccc1)(N1CCCC1)N1CCCC1. The van der Waals surface area contributed by atoms with Gasteiger partial charge < -0.3 is 0 Å². The van der Waals surface area contributed by atoms with E-state index in [0.29, 0.717) is 0 Å². The first kappa shape index (κ1) is 12.4. The minimum atomic E-state index is -2.50. The highest BCUT2D eigenvalue weighted by atomic mass is 31.2. The van der Waals surface area contributed by atoms with Gasteiger partial charge in [0.2, 0.25) is 7.44 Å². The Balaban J connectivity index is 1.99. The third kappa shape index (κ3) is 2.05. The number of nitrogens with zero attached hydrogens (tertiary/aromatic N) is 2. The van der Waals surface area contributed by atoms with Crippen LogP contribution < -0.4 is 5.30 Å². The van der Waals surface area contributed by atoms with E-state index >= 15 is 0 Å². The minimum absolute atomic E-state index is 0.989. The van der Waals surface area contributed by atoms with Crippen molar-refractivity contribution in [3.63, 3.8) is 0 Å². The smallest absolute Gasteiger partial charge is 0.245 e. The van der Waals surface area contributed by atoms with Crippen LogP contribution in [0.4, 0.5) is 0 Å². The summed E-state index contributed by atoms with van der Waals surface area (Å²) >= 11 is 0. The van der Waals surface area contributed by atoms with Crippen LogP contribution in [0.2, 0.25) is 0 Å². The van der Waals surface area contributed by atoms with Crippen LogP contribution in [0.5, 0.6) is 0 Å². The predicted molar refractivity (Wildman–Crippen MR) is 75.3 cm³/mol. The van der Waals surface area contributed by atoms with E-state index in [-0.39, 0.29) is 0 Å². The second-order valence-electron chi connectivity index (χ2n) is 5.20. The molecule has 0 N–H and O–H groups in total. The second kappa shape index (κ2) is 5.16. The Kier molecular flexibility index (Phi) is 3.56. The summed E-state index contributed by atoms with van der Waals surface area (Å²) in [7, 11) is -2.50. The average Bonchev–Trinajstić information content (AvgIpc) is 3.12. The predicted octanol–water partition coefficient (Wildman–Crippen LogP) is 2.70. The number of rotatable bonds is 3. The first-order valence-corrected chi connectivity index (χ1v) is 8.59. The zero-order valence-corrected chi connectivity index (χ0v) is 11.7. The lowest BCUT2D eigenvalue weighted by Gasteiger charge is -2.35. The zero-order valence-electron chi connectivity index (χ0n) is 10.8. The molecular weight excluding hydrogens is 243 g/mol. The second-order valence-corrected chi connectivity index (χ2v) is 7.94. The minimum Gasteiger partial charge on any atom is -0.284 e. The maximum Gasteiger partial charge on any atom is 0.245 e. The van der Waals surface area contributed by atoms with Gasteiger partial charge in [0.25, 0.3) is 0 Å². The van der Waals surface area contributed by atoms with Gasteiger partial charge in [0.1, 0.15) is 0 Å². The molecule has 3 nitrogen and oxygen atoms in total. The molecule has 0 aromatic heterocycles. The summed E-state index contributed by atoms with van der Waals surface area (Å²) in [6, 6.07) is 10.1. The summed E-state index contributed by atoms with van der Waals surface area (Å²) in [5, 5.41) is 1.02. The van der Waals surface area contributed by atoms with Gasteiger partial charge in [-0.05, 0) is 37.8 Å².